The summed E-state index contributed by atoms with van der Waals surface area (Å²) in [5.74, 6) is -0.561. The van der Waals surface area contributed by atoms with Crippen LogP contribution in [0.4, 0.5) is 8.78 Å². The first kappa shape index (κ1) is 17.3. The fourth-order valence-corrected chi connectivity index (χ4v) is 1.63. The molecule has 1 rings (SSSR count). The van der Waals surface area contributed by atoms with E-state index in [9.17, 15) is 13.6 Å². The van der Waals surface area contributed by atoms with E-state index in [4.69, 9.17) is 9.84 Å². The number of hydrogen-bond donors (Lipinski definition) is 2. The molecule has 0 aliphatic rings. The Kier molecular flexibility index (Phi) is 6.48. The minimum atomic E-state index is -2.63. The van der Waals surface area contributed by atoms with Crippen LogP contribution in [-0.2, 0) is 0 Å². The molecule has 1 aromatic heterocycles. The summed E-state index contributed by atoms with van der Waals surface area (Å²) >= 11 is 0. The van der Waals surface area contributed by atoms with Crippen molar-refractivity contribution in [2.24, 2.45) is 5.41 Å². The van der Waals surface area contributed by atoms with E-state index in [1.807, 2.05) is 13.8 Å². The summed E-state index contributed by atoms with van der Waals surface area (Å²) in [4.78, 5) is 15.9. The SMILES string of the molecule is CC(C)(CCO)CNC(=O)c1cccnc1OCC(F)F. The first-order chi connectivity index (χ1) is 9.85. The molecular weight excluding hydrogens is 282 g/mol. The molecule has 0 atom stereocenters. The maximum absolute atomic E-state index is 12.2. The monoisotopic (exact) mass is 302 g/mol. The highest BCUT2D eigenvalue weighted by atomic mass is 19.3. The third-order valence-corrected chi connectivity index (χ3v) is 2.88. The van der Waals surface area contributed by atoms with Crippen molar-refractivity contribution in [3.63, 3.8) is 0 Å². The van der Waals surface area contributed by atoms with Crippen LogP contribution >= 0.6 is 0 Å². The van der Waals surface area contributed by atoms with Crippen LogP contribution < -0.4 is 10.1 Å². The molecule has 0 aliphatic carbocycles. The van der Waals surface area contributed by atoms with Gasteiger partial charge < -0.3 is 15.2 Å². The van der Waals surface area contributed by atoms with E-state index < -0.39 is 18.9 Å². The van der Waals surface area contributed by atoms with E-state index in [0.717, 1.165) is 0 Å². The molecule has 0 radical (unpaired) electrons. The van der Waals surface area contributed by atoms with Crippen LogP contribution in [-0.4, -0.2) is 42.2 Å². The molecule has 1 amide bonds. The topological polar surface area (TPSA) is 71.5 Å². The molecule has 0 aromatic carbocycles. The molecule has 0 bridgehead atoms. The molecule has 2 N–H and O–H groups in total. The number of alkyl halides is 2. The Morgan fingerprint density at radius 1 is 1.52 bits per heavy atom. The largest absolute Gasteiger partial charge is 0.471 e. The lowest BCUT2D eigenvalue weighted by molar-refractivity contribution is 0.0769. The summed E-state index contributed by atoms with van der Waals surface area (Å²) in [5.41, 5.74) is -0.158. The quantitative estimate of drug-likeness (QED) is 0.769. The lowest BCUT2D eigenvalue weighted by Gasteiger charge is -2.24. The molecule has 0 spiro atoms. The Balaban J connectivity index is 2.69. The van der Waals surface area contributed by atoms with Gasteiger partial charge in [0.15, 0.2) is 6.61 Å². The van der Waals surface area contributed by atoms with Crippen molar-refractivity contribution in [1.82, 2.24) is 10.3 Å². The Hall–Kier alpha value is -1.76. The zero-order valence-corrected chi connectivity index (χ0v) is 12.1. The van der Waals surface area contributed by atoms with E-state index in [0.29, 0.717) is 13.0 Å². The van der Waals surface area contributed by atoms with Gasteiger partial charge in [-0.3, -0.25) is 4.79 Å². The van der Waals surface area contributed by atoms with Crippen LogP contribution in [0.1, 0.15) is 30.6 Å². The van der Waals surface area contributed by atoms with Gasteiger partial charge in [-0.05, 0) is 24.0 Å². The molecule has 1 aromatic rings. The Morgan fingerprint density at radius 3 is 2.86 bits per heavy atom. The minimum Gasteiger partial charge on any atom is -0.471 e. The lowest BCUT2D eigenvalue weighted by atomic mass is 9.89. The van der Waals surface area contributed by atoms with Crippen molar-refractivity contribution in [1.29, 1.82) is 0 Å². The molecule has 0 fully saturated rings. The van der Waals surface area contributed by atoms with Gasteiger partial charge >= 0.3 is 0 Å². The van der Waals surface area contributed by atoms with Crippen molar-refractivity contribution in [3.05, 3.63) is 23.9 Å². The molecule has 21 heavy (non-hydrogen) atoms. The molecule has 0 unspecified atom stereocenters. The summed E-state index contributed by atoms with van der Waals surface area (Å²) in [6, 6.07) is 2.99. The molecule has 7 heteroatoms. The van der Waals surface area contributed by atoms with E-state index in [1.54, 1.807) is 0 Å². The second-order valence-electron chi connectivity index (χ2n) is 5.38. The number of rotatable bonds is 8. The lowest BCUT2D eigenvalue weighted by Crippen LogP contribution is -2.34. The van der Waals surface area contributed by atoms with Crippen LogP contribution in [0, 0.1) is 5.41 Å². The summed E-state index contributed by atoms with van der Waals surface area (Å²) in [5, 5.41) is 11.6. The Bertz CT molecular complexity index is 467. The number of halogens is 2. The van der Waals surface area contributed by atoms with Gasteiger partial charge in [0.05, 0.1) is 0 Å². The minimum absolute atomic E-state index is 0.0263. The van der Waals surface area contributed by atoms with Crippen LogP contribution in [0.2, 0.25) is 0 Å². The van der Waals surface area contributed by atoms with Crippen molar-refractivity contribution >= 4 is 5.91 Å². The summed E-state index contributed by atoms with van der Waals surface area (Å²) < 4.78 is 29.2. The molecule has 0 saturated heterocycles. The summed E-state index contributed by atoms with van der Waals surface area (Å²) in [6.07, 6.45) is -0.728. The van der Waals surface area contributed by atoms with Gasteiger partial charge in [-0.1, -0.05) is 13.8 Å². The van der Waals surface area contributed by atoms with Crippen molar-refractivity contribution in [2.45, 2.75) is 26.7 Å². The number of amides is 1. The molecule has 0 aliphatic heterocycles. The normalized spacial score (nSPS) is 11.5. The van der Waals surface area contributed by atoms with Gasteiger partial charge in [0.25, 0.3) is 12.3 Å². The predicted molar refractivity (Wildman–Crippen MR) is 73.6 cm³/mol. The zero-order chi connectivity index (χ0) is 15.9. The summed E-state index contributed by atoms with van der Waals surface area (Å²) in [7, 11) is 0. The van der Waals surface area contributed by atoms with E-state index in [-0.39, 0.29) is 23.5 Å². The Morgan fingerprint density at radius 2 is 2.24 bits per heavy atom. The number of ether oxygens (including phenoxy) is 1. The number of carbonyl (C=O) groups is 1. The van der Waals surface area contributed by atoms with Crippen LogP contribution in [0.15, 0.2) is 18.3 Å². The number of nitrogens with one attached hydrogen (secondary N) is 1. The standard InChI is InChI=1S/C14H20F2N2O3/c1-14(2,5-7-19)9-18-12(20)10-4-3-6-17-13(10)21-8-11(15)16/h3-4,6,11,19H,5,7-9H2,1-2H3,(H,18,20). The fourth-order valence-electron chi connectivity index (χ4n) is 1.63. The highest BCUT2D eigenvalue weighted by Crippen LogP contribution is 2.19. The average molecular weight is 302 g/mol. The molecular formula is C14H20F2N2O3. The maximum atomic E-state index is 12.2. The number of aliphatic hydroxyl groups is 1. The number of aromatic nitrogens is 1. The van der Waals surface area contributed by atoms with Gasteiger partial charge in [0.2, 0.25) is 5.88 Å². The van der Waals surface area contributed by atoms with Gasteiger partial charge in [-0.2, -0.15) is 0 Å². The number of aliphatic hydroxyl groups excluding tert-OH is 1. The highest BCUT2D eigenvalue weighted by Gasteiger charge is 2.20. The second kappa shape index (κ2) is 7.87. The predicted octanol–water partition coefficient (Wildman–Crippen LogP) is 1.86. The first-order valence-electron chi connectivity index (χ1n) is 6.61. The van der Waals surface area contributed by atoms with E-state index >= 15 is 0 Å². The van der Waals surface area contributed by atoms with Gasteiger partial charge in [-0.15, -0.1) is 0 Å². The number of pyridine rings is 1. The number of carbonyl (C=O) groups excluding carboxylic acids is 1. The van der Waals surface area contributed by atoms with Crippen molar-refractivity contribution in [2.75, 3.05) is 19.8 Å². The van der Waals surface area contributed by atoms with Crippen LogP contribution in [0.25, 0.3) is 0 Å². The van der Waals surface area contributed by atoms with Gasteiger partial charge in [0.1, 0.15) is 5.56 Å². The van der Waals surface area contributed by atoms with E-state index in [1.165, 1.54) is 18.3 Å². The molecule has 0 saturated carbocycles. The summed E-state index contributed by atoms with van der Waals surface area (Å²) in [6.45, 7) is 3.36. The number of nitrogens with zero attached hydrogens (tertiary/aromatic N) is 1. The number of hydrogen-bond acceptors (Lipinski definition) is 4. The zero-order valence-electron chi connectivity index (χ0n) is 12.1. The fraction of sp³-hybridized carbons (Fsp3) is 0.571. The molecule has 118 valence electrons. The maximum Gasteiger partial charge on any atom is 0.272 e. The van der Waals surface area contributed by atoms with Gasteiger partial charge in [-0.25, -0.2) is 13.8 Å². The van der Waals surface area contributed by atoms with Crippen molar-refractivity contribution in [3.8, 4) is 5.88 Å². The van der Waals surface area contributed by atoms with Crippen molar-refractivity contribution < 1.29 is 23.4 Å². The van der Waals surface area contributed by atoms with Crippen LogP contribution in [0.5, 0.6) is 5.88 Å². The highest BCUT2D eigenvalue weighted by molar-refractivity contribution is 5.96. The third-order valence-electron chi connectivity index (χ3n) is 2.88. The van der Waals surface area contributed by atoms with Gasteiger partial charge in [0, 0.05) is 19.3 Å². The average Bonchev–Trinajstić information content (AvgIpc) is 2.43. The van der Waals surface area contributed by atoms with Crippen LogP contribution in [0.3, 0.4) is 0 Å². The second-order valence-corrected chi connectivity index (χ2v) is 5.38. The Labute approximate surface area is 122 Å². The molecule has 1 heterocycles. The third kappa shape index (κ3) is 6.03. The van der Waals surface area contributed by atoms with E-state index in [2.05, 4.69) is 10.3 Å². The molecule has 5 nitrogen and oxygen atoms in total. The first-order valence-corrected chi connectivity index (χ1v) is 6.61. The smallest absolute Gasteiger partial charge is 0.272 e.